The quantitative estimate of drug-likeness (QED) is 0.234. The van der Waals surface area contributed by atoms with Gasteiger partial charge >= 0.3 is 0 Å². The Morgan fingerprint density at radius 2 is 1.62 bits per heavy atom. The van der Waals surface area contributed by atoms with Crippen LogP contribution in [0.5, 0.6) is 23.0 Å². The van der Waals surface area contributed by atoms with Gasteiger partial charge in [0.2, 0.25) is 0 Å². The number of carbonyl (C=O) groups is 1. The van der Waals surface area contributed by atoms with Gasteiger partial charge in [-0.25, -0.2) is 13.8 Å². The third-order valence-corrected chi connectivity index (χ3v) is 7.18. The number of hydrazone groups is 1. The Balaban J connectivity index is 1.80. The second kappa shape index (κ2) is 14.1. The van der Waals surface area contributed by atoms with Crippen LogP contribution < -0.4 is 28.7 Å². The molecule has 3 rings (SSSR count). The van der Waals surface area contributed by atoms with E-state index in [-0.39, 0.29) is 10.6 Å². The molecule has 39 heavy (non-hydrogen) atoms. The van der Waals surface area contributed by atoms with Crippen LogP contribution in [0.4, 0.5) is 5.69 Å². The topological polar surface area (TPSA) is 116 Å². The SMILES string of the molecule is CCCOc1ccc(/C=N\NC(=O)CN(c2ccccc2)S(=O)(=O)c2ccc(OC)c(OC)c2)cc1OCC. The maximum Gasteiger partial charge on any atom is 0.264 e. The third kappa shape index (κ3) is 7.64. The van der Waals surface area contributed by atoms with E-state index >= 15 is 0 Å². The maximum atomic E-state index is 13.6. The molecule has 10 nitrogen and oxygen atoms in total. The average molecular weight is 556 g/mol. The van der Waals surface area contributed by atoms with Crippen LogP contribution in [0, 0.1) is 0 Å². The van der Waals surface area contributed by atoms with Crippen molar-refractivity contribution in [2.45, 2.75) is 25.2 Å². The van der Waals surface area contributed by atoms with Gasteiger partial charge in [-0.1, -0.05) is 25.1 Å². The molecule has 0 bridgehead atoms. The molecule has 0 fully saturated rings. The first-order chi connectivity index (χ1) is 18.8. The number of nitrogens with zero attached hydrogens (tertiary/aromatic N) is 2. The number of rotatable bonds is 14. The highest BCUT2D eigenvalue weighted by molar-refractivity contribution is 7.92. The molecular formula is C28H33N3O7S. The van der Waals surface area contributed by atoms with Gasteiger partial charge in [-0.15, -0.1) is 0 Å². The second-order valence-corrected chi connectivity index (χ2v) is 10.0. The van der Waals surface area contributed by atoms with Gasteiger partial charge in [0.05, 0.1) is 44.2 Å². The van der Waals surface area contributed by atoms with Crippen molar-refractivity contribution in [3.63, 3.8) is 0 Å². The van der Waals surface area contributed by atoms with Crippen LogP contribution in [0.25, 0.3) is 0 Å². The fourth-order valence-electron chi connectivity index (χ4n) is 3.56. The van der Waals surface area contributed by atoms with Crippen LogP contribution in [0.1, 0.15) is 25.8 Å². The lowest BCUT2D eigenvalue weighted by Crippen LogP contribution is -2.39. The molecule has 0 radical (unpaired) electrons. The van der Waals surface area contributed by atoms with E-state index in [1.807, 2.05) is 13.8 Å². The molecule has 3 aromatic rings. The molecule has 1 amide bonds. The number of hydrogen-bond donors (Lipinski definition) is 1. The zero-order chi connectivity index (χ0) is 28.3. The molecule has 0 saturated heterocycles. The Morgan fingerprint density at radius 3 is 2.28 bits per heavy atom. The lowest BCUT2D eigenvalue weighted by atomic mass is 10.2. The van der Waals surface area contributed by atoms with E-state index in [0.29, 0.717) is 41.7 Å². The summed E-state index contributed by atoms with van der Waals surface area (Å²) in [7, 11) is -1.28. The monoisotopic (exact) mass is 555 g/mol. The highest BCUT2D eigenvalue weighted by Gasteiger charge is 2.28. The first-order valence-electron chi connectivity index (χ1n) is 12.3. The largest absolute Gasteiger partial charge is 0.493 e. The second-order valence-electron chi connectivity index (χ2n) is 8.14. The highest BCUT2D eigenvalue weighted by Crippen LogP contribution is 2.32. The van der Waals surface area contributed by atoms with Gasteiger partial charge in [0.15, 0.2) is 23.0 Å². The number of amides is 1. The predicted octanol–water partition coefficient (Wildman–Crippen LogP) is 4.24. The summed E-state index contributed by atoms with van der Waals surface area (Å²) in [6.45, 7) is 4.41. The van der Waals surface area contributed by atoms with Crippen molar-refractivity contribution < 1.29 is 32.2 Å². The molecular weight excluding hydrogens is 522 g/mol. The molecule has 0 aromatic heterocycles. The first kappa shape index (κ1) is 29.3. The molecule has 1 N–H and O–H groups in total. The van der Waals surface area contributed by atoms with Crippen molar-refractivity contribution in [1.29, 1.82) is 0 Å². The Kier molecular flexibility index (Phi) is 10.6. The molecule has 0 spiro atoms. The Hall–Kier alpha value is -4.25. The van der Waals surface area contributed by atoms with Crippen LogP contribution >= 0.6 is 0 Å². The van der Waals surface area contributed by atoms with Gasteiger partial charge in [0, 0.05) is 6.07 Å². The van der Waals surface area contributed by atoms with Gasteiger partial charge in [0.1, 0.15) is 6.54 Å². The van der Waals surface area contributed by atoms with Crippen molar-refractivity contribution in [3.8, 4) is 23.0 Å². The summed E-state index contributed by atoms with van der Waals surface area (Å²) < 4.78 is 50.1. The number of anilines is 1. The lowest BCUT2D eigenvalue weighted by molar-refractivity contribution is -0.119. The molecule has 0 atom stereocenters. The van der Waals surface area contributed by atoms with Gasteiger partial charge in [-0.3, -0.25) is 9.10 Å². The van der Waals surface area contributed by atoms with E-state index in [9.17, 15) is 13.2 Å². The molecule has 0 aliphatic rings. The molecule has 0 heterocycles. The number of hydrogen-bond acceptors (Lipinski definition) is 8. The van der Waals surface area contributed by atoms with E-state index in [0.717, 1.165) is 10.7 Å². The fraction of sp³-hybridized carbons (Fsp3) is 0.286. The van der Waals surface area contributed by atoms with Crippen LogP contribution in [-0.2, 0) is 14.8 Å². The van der Waals surface area contributed by atoms with E-state index < -0.39 is 22.5 Å². The van der Waals surface area contributed by atoms with Crippen molar-refractivity contribution in [2.75, 3.05) is 38.3 Å². The average Bonchev–Trinajstić information content (AvgIpc) is 2.95. The van der Waals surface area contributed by atoms with E-state index in [1.54, 1.807) is 48.5 Å². The summed E-state index contributed by atoms with van der Waals surface area (Å²) in [5.41, 5.74) is 3.39. The normalized spacial score (nSPS) is 11.2. The molecule has 0 aliphatic heterocycles. The minimum Gasteiger partial charge on any atom is -0.493 e. The van der Waals surface area contributed by atoms with E-state index in [2.05, 4.69) is 10.5 Å². The number of carbonyl (C=O) groups excluding carboxylic acids is 1. The summed E-state index contributed by atoms with van der Waals surface area (Å²) in [6, 6.07) is 17.9. The zero-order valence-electron chi connectivity index (χ0n) is 22.4. The van der Waals surface area contributed by atoms with Gasteiger partial charge in [0.25, 0.3) is 15.9 Å². The highest BCUT2D eigenvalue weighted by atomic mass is 32.2. The molecule has 208 valence electrons. The van der Waals surface area contributed by atoms with Crippen molar-refractivity contribution in [3.05, 3.63) is 72.3 Å². The molecule has 0 aliphatic carbocycles. The van der Waals surface area contributed by atoms with Gasteiger partial charge < -0.3 is 18.9 Å². The summed E-state index contributed by atoms with van der Waals surface area (Å²) >= 11 is 0. The van der Waals surface area contributed by atoms with Gasteiger partial charge in [-0.2, -0.15) is 5.10 Å². The Bertz CT molecular complexity index is 1380. The number of benzene rings is 3. The zero-order valence-corrected chi connectivity index (χ0v) is 23.2. The predicted molar refractivity (Wildman–Crippen MR) is 150 cm³/mol. The van der Waals surface area contributed by atoms with Gasteiger partial charge in [-0.05, 0) is 61.4 Å². The van der Waals surface area contributed by atoms with E-state index in [1.165, 1.54) is 38.6 Å². The fourth-order valence-corrected chi connectivity index (χ4v) is 5.00. The summed E-state index contributed by atoms with van der Waals surface area (Å²) in [4.78, 5) is 12.8. The number of ether oxygens (including phenoxy) is 4. The Labute approximate surface area is 229 Å². The number of nitrogens with one attached hydrogen (secondary N) is 1. The van der Waals surface area contributed by atoms with Crippen LogP contribution in [0.3, 0.4) is 0 Å². The molecule has 11 heteroatoms. The first-order valence-corrected chi connectivity index (χ1v) is 13.8. The third-order valence-electron chi connectivity index (χ3n) is 5.41. The number of methoxy groups -OCH3 is 2. The number of sulfonamides is 1. The lowest BCUT2D eigenvalue weighted by Gasteiger charge is -2.24. The van der Waals surface area contributed by atoms with Crippen molar-refractivity contribution >= 4 is 27.8 Å². The number of para-hydroxylation sites is 1. The van der Waals surface area contributed by atoms with Crippen molar-refractivity contribution in [2.24, 2.45) is 5.10 Å². The molecule has 0 unspecified atom stereocenters. The minimum atomic E-state index is -4.15. The smallest absolute Gasteiger partial charge is 0.264 e. The summed E-state index contributed by atoms with van der Waals surface area (Å²) in [5.74, 6) is 1.19. The van der Waals surface area contributed by atoms with Crippen molar-refractivity contribution in [1.82, 2.24) is 5.43 Å². The van der Waals surface area contributed by atoms with Crippen LogP contribution in [-0.4, -0.2) is 54.5 Å². The Morgan fingerprint density at radius 1 is 0.897 bits per heavy atom. The standard InChI is InChI=1S/C28H33N3O7S/c1-5-16-38-25-14-12-21(17-27(25)37-6-2)19-29-30-28(32)20-31(22-10-8-7-9-11-22)39(33,34)23-13-15-24(35-3)26(18-23)36-4/h7-15,17-19H,5-6,16,20H2,1-4H3,(H,30,32)/b29-19-. The van der Waals surface area contributed by atoms with Crippen LogP contribution in [0.2, 0.25) is 0 Å². The van der Waals surface area contributed by atoms with E-state index in [4.69, 9.17) is 18.9 Å². The molecule has 0 saturated carbocycles. The minimum absolute atomic E-state index is 0.0610. The maximum absolute atomic E-state index is 13.6. The van der Waals surface area contributed by atoms with Crippen LogP contribution in [0.15, 0.2) is 76.7 Å². The summed E-state index contributed by atoms with van der Waals surface area (Å²) in [6.07, 6.45) is 2.31. The summed E-state index contributed by atoms with van der Waals surface area (Å²) in [5, 5.41) is 4.01. The molecule has 3 aromatic carbocycles.